The number of amides is 3. The maximum atomic E-state index is 12.5. The van der Waals surface area contributed by atoms with Gasteiger partial charge in [0.15, 0.2) is 0 Å². The van der Waals surface area contributed by atoms with E-state index in [1.165, 1.54) is 24.0 Å². The van der Waals surface area contributed by atoms with E-state index in [4.69, 9.17) is 0 Å². The van der Waals surface area contributed by atoms with Crippen LogP contribution in [0.1, 0.15) is 34.3 Å². The fraction of sp³-hybridized carbons (Fsp3) is 0.300. The van der Waals surface area contributed by atoms with Crippen LogP contribution >= 0.6 is 0 Å². The third-order valence-electron chi connectivity index (χ3n) is 4.90. The highest BCUT2D eigenvalue weighted by atomic mass is 16.2. The van der Waals surface area contributed by atoms with E-state index in [9.17, 15) is 9.59 Å². The quantitative estimate of drug-likeness (QED) is 0.903. The number of hydrogen-bond acceptors (Lipinski definition) is 2. The molecule has 2 aliphatic rings. The summed E-state index contributed by atoms with van der Waals surface area (Å²) in [7, 11) is 0. The lowest BCUT2D eigenvalue weighted by Crippen LogP contribution is -2.27. The Morgan fingerprint density at radius 3 is 2.48 bits per heavy atom. The van der Waals surface area contributed by atoms with Gasteiger partial charge in [-0.05, 0) is 73.2 Å². The summed E-state index contributed by atoms with van der Waals surface area (Å²) < 4.78 is 0. The molecule has 5 nitrogen and oxygen atoms in total. The predicted octanol–water partition coefficient (Wildman–Crippen LogP) is 3.35. The van der Waals surface area contributed by atoms with Gasteiger partial charge in [0.05, 0.1) is 0 Å². The largest absolute Gasteiger partial charge is 0.336 e. The number of carbonyl (C=O) groups excluding carboxylic acids is 2. The molecular weight excluding hydrogens is 314 g/mol. The Labute approximate surface area is 147 Å². The molecule has 0 bridgehead atoms. The van der Waals surface area contributed by atoms with Crippen LogP contribution in [-0.4, -0.2) is 25.0 Å². The van der Waals surface area contributed by atoms with E-state index in [1.54, 1.807) is 4.90 Å². The molecule has 1 fully saturated rings. The molecular formula is C20H21N3O2. The van der Waals surface area contributed by atoms with Crippen molar-refractivity contribution in [3.05, 3.63) is 59.2 Å². The van der Waals surface area contributed by atoms with Gasteiger partial charge in [-0.15, -0.1) is 0 Å². The van der Waals surface area contributed by atoms with Crippen LogP contribution < -0.4 is 15.5 Å². The van der Waals surface area contributed by atoms with Crippen molar-refractivity contribution >= 4 is 23.3 Å². The molecule has 2 N–H and O–H groups in total. The van der Waals surface area contributed by atoms with E-state index in [-0.39, 0.29) is 11.9 Å². The minimum absolute atomic E-state index is 0.0779. The van der Waals surface area contributed by atoms with E-state index in [1.807, 2.05) is 36.4 Å². The third-order valence-corrected chi connectivity index (χ3v) is 4.90. The molecule has 25 heavy (non-hydrogen) atoms. The Morgan fingerprint density at radius 2 is 1.76 bits per heavy atom. The van der Waals surface area contributed by atoms with Crippen molar-refractivity contribution in [1.29, 1.82) is 0 Å². The predicted molar refractivity (Wildman–Crippen MR) is 98.2 cm³/mol. The number of anilines is 2. The Morgan fingerprint density at radius 1 is 1.00 bits per heavy atom. The topological polar surface area (TPSA) is 61.4 Å². The standard InChI is InChI=1S/C20H21N3O2/c24-19(16-6-5-14-3-1-2-4-15(14)13-16)22-17-7-9-18(10-8-17)23-12-11-21-20(23)25/h5-10,13H,1-4,11-12H2,(H,21,25)(H,22,24). The molecule has 0 atom stereocenters. The minimum Gasteiger partial charge on any atom is -0.336 e. The van der Waals surface area contributed by atoms with E-state index in [0.717, 1.165) is 24.2 Å². The summed E-state index contributed by atoms with van der Waals surface area (Å²) in [6.07, 6.45) is 4.61. The minimum atomic E-state index is -0.0972. The third kappa shape index (κ3) is 3.22. The van der Waals surface area contributed by atoms with Crippen molar-refractivity contribution < 1.29 is 9.59 Å². The number of urea groups is 1. The molecule has 1 heterocycles. The highest BCUT2D eigenvalue weighted by Gasteiger charge is 2.21. The number of fused-ring (bicyclic) bond motifs is 1. The van der Waals surface area contributed by atoms with Crippen molar-refractivity contribution in [3.63, 3.8) is 0 Å². The molecule has 5 heteroatoms. The number of benzene rings is 2. The second-order valence-electron chi connectivity index (χ2n) is 6.58. The fourth-order valence-corrected chi connectivity index (χ4v) is 3.52. The zero-order chi connectivity index (χ0) is 17.2. The molecule has 1 aliphatic heterocycles. The Balaban J connectivity index is 1.46. The average molecular weight is 335 g/mol. The van der Waals surface area contributed by atoms with Crippen molar-refractivity contribution in [1.82, 2.24) is 5.32 Å². The second kappa shape index (κ2) is 6.59. The van der Waals surface area contributed by atoms with Crippen LogP contribution in [0, 0.1) is 0 Å². The van der Waals surface area contributed by atoms with Crippen LogP contribution in [-0.2, 0) is 12.8 Å². The van der Waals surface area contributed by atoms with Gasteiger partial charge in [-0.2, -0.15) is 0 Å². The Hall–Kier alpha value is -2.82. The first-order chi connectivity index (χ1) is 12.2. The van der Waals surface area contributed by atoms with Gasteiger partial charge in [0, 0.05) is 30.0 Å². The van der Waals surface area contributed by atoms with Gasteiger partial charge in [0.25, 0.3) is 5.91 Å². The van der Waals surface area contributed by atoms with E-state index < -0.39 is 0 Å². The normalized spacial score (nSPS) is 16.3. The van der Waals surface area contributed by atoms with Gasteiger partial charge in [0.2, 0.25) is 0 Å². The highest BCUT2D eigenvalue weighted by molar-refractivity contribution is 6.04. The molecule has 0 unspecified atom stereocenters. The van der Waals surface area contributed by atoms with E-state index >= 15 is 0 Å². The van der Waals surface area contributed by atoms with Gasteiger partial charge < -0.3 is 10.6 Å². The van der Waals surface area contributed by atoms with Gasteiger partial charge in [-0.3, -0.25) is 9.69 Å². The first kappa shape index (κ1) is 15.7. The second-order valence-corrected chi connectivity index (χ2v) is 6.58. The molecule has 1 aliphatic carbocycles. The van der Waals surface area contributed by atoms with Crippen LogP contribution in [0.4, 0.5) is 16.2 Å². The summed E-state index contributed by atoms with van der Waals surface area (Å²) in [6, 6.07) is 13.3. The first-order valence-corrected chi connectivity index (χ1v) is 8.79. The number of nitrogens with zero attached hydrogens (tertiary/aromatic N) is 1. The van der Waals surface area contributed by atoms with Crippen molar-refractivity contribution in [2.75, 3.05) is 23.3 Å². The lowest BCUT2D eigenvalue weighted by atomic mass is 9.90. The molecule has 0 saturated carbocycles. The van der Waals surface area contributed by atoms with Crippen LogP contribution in [0.3, 0.4) is 0 Å². The number of hydrogen-bond donors (Lipinski definition) is 2. The maximum absolute atomic E-state index is 12.5. The maximum Gasteiger partial charge on any atom is 0.321 e. The monoisotopic (exact) mass is 335 g/mol. The fourth-order valence-electron chi connectivity index (χ4n) is 3.52. The smallest absolute Gasteiger partial charge is 0.321 e. The molecule has 3 amide bonds. The average Bonchev–Trinajstić information content (AvgIpc) is 3.08. The van der Waals surface area contributed by atoms with Gasteiger partial charge in [0.1, 0.15) is 0 Å². The zero-order valence-corrected chi connectivity index (χ0v) is 14.0. The summed E-state index contributed by atoms with van der Waals surface area (Å²) in [5, 5.41) is 5.71. The van der Waals surface area contributed by atoms with Crippen molar-refractivity contribution in [2.45, 2.75) is 25.7 Å². The summed E-state index contributed by atoms with van der Waals surface area (Å²) in [6.45, 7) is 1.33. The van der Waals surface area contributed by atoms with Crippen molar-refractivity contribution in [2.24, 2.45) is 0 Å². The van der Waals surface area contributed by atoms with Crippen LogP contribution in [0.15, 0.2) is 42.5 Å². The van der Waals surface area contributed by atoms with E-state index in [0.29, 0.717) is 18.7 Å². The Kier molecular flexibility index (Phi) is 4.14. The van der Waals surface area contributed by atoms with Crippen LogP contribution in [0.25, 0.3) is 0 Å². The Bertz CT molecular complexity index is 814. The highest BCUT2D eigenvalue weighted by Crippen LogP contribution is 2.23. The van der Waals surface area contributed by atoms with Gasteiger partial charge in [-0.25, -0.2) is 4.79 Å². The molecule has 1 saturated heterocycles. The number of carbonyl (C=O) groups is 2. The molecule has 2 aromatic carbocycles. The van der Waals surface area contributed by atoms with E-state index in [2.05, 4.69) is 16.7 Å². The first-order valence-electron chi connectivity index (χ1n) is 8.79. The molecule has 128 valence electrons. The number of aryl methyl sites for hydroxylation is 2. The summed E-state index contributed by atoms with van der Waals surface area (Å²) in [5.41, 5.74) is 4.93. The molecule has 0 aromatic heterocycles. The summed E-state index contributed by atoms with van der Waals surface area (Å²) >= 11 is 0. The number of nitrogens with one attached hydrogen (secondary N) is 2. The van der Waals surface area contributed by atoms with Crippen molar-refractivity contribution in [3.8, 4) is 0 Å². The lowest BCUT2D eigenvalue weighted by molar-refractivity contribution is 0.102. The SMILES string of the molecule is O=C(Nc1ccc(N2CCNC2=O)cc1)c1ccc2c(c1)CCCC2. The summed E-state index contributed by atoms with van der Waals surface area (Å²) in [5.74, 6) is -0.0972. The van der Waals surface area contributed by atoms with Crippen LogP contribution in [0.2, 0.25) is 0 Å². The summed E-state index contributed by atoms with van der Waals surface area (Å²) in [4.78, 5) is 25.9. The number of rotatable bonds is 3. The molecule has 0 radical (unpaired) electrons. The zero-order valence-electron chi connectivity index (χ0n) is 14.0. The lowest BCUT2D eigenvalue weighted by Gasteiger charge is -2.17. The van der Waals surface area contributed by atoms with Gasteiger partial charge in [-0.1, -0.05) is 6.07 Å². The van der Waals surface area contributed by atoms with Gasteiger partial charge >= 0.3 is 6.03 Å². The molecule has 0 spiro atoms. The molecule has 2 aromatic rings. The molecule has 4 rings (SSSR count). The van der Waals surface area contributed by atoms with Crippen LogP contribution in [0.5, 0.6) is 0 Å².